The quantitative estimate of drug-likeness (QED) is 0.0928. The van der Waals surface area contributed by atoms with Gasteiger partial charge in [-0.2, -0.15) is 0 Å². The summed E-state index contributed by atoms with van der Waals surface area (Å²) in [5.41, 5.74) is 17.0. The molecule has 230 valence electrons. The summed E-state index contributed by atoms with van der Waals surface area (Å²) in [7, 11) is 0. The van der Waals surface area contributed by atoms with Crippen LogP contribution in [0.4, 0.5) is 0 Å². The molecule has 9 heteroatoms. The summed E-state index contributed by atoms with van der Waals surface area (Å²) in [6, 6.07) is -0.514. The molecule has 0 aliphatic carbocycles. The van der Waals surface area contributed by atoms with E-state index in [2.05, 4.69) is 17.6 Å². The van der Waals surface area contributed by atoms with Gasteiger partial charge in [0, 0.05) is 39.0 Å². The smallest absolute Gasteiger partial charge is 0.236 e. The maximum Gasteiger partial charge on any atom is 0.236 e. The third-order valence-corrected chi connectivity index (χ3v) is 7.09. The third kappa shape index (κ3) is 23.9. The second-order valence-electron chi connectivity index (χ2n) is 10.8. The molecule has 0 spiro atoms. The Balaban J connectivity index is 4.39. The fraction of sp³-hybridized carbons (Fsp3) is 0.900. The lowest BCUT2D eigenvalue weighted by Crippen LogP contribution is -2.42. The zero-order valence-electron chi connectivity index (χ0n) is 25.2. The Bertz CT molecular complexity index is 605. The number of unbranched alkanes of at least 4 members (excludes halogenated alkanes) is 11. The van der Waals surface area contributed by atoms with Crippen molar-refractivity contribution in [1.29, 1.82) is 0 Å². The zero-order valence-corrected chi connectivity index (χ0v) is 25.2. The number of hydrogen-bond donors (Lipinski definition) is 5. The second kappa shape index (κ2) is 27.8. The van der Waals surface area contributed by atoms with Gasteiger partial charge in [-0.15, -0.1) is 0 Å². The van der Waals surface area contributed by atoms with Crippen LogP contribution in [0, 0.1) is 0 Å². The largest absolute Gasteiger partial charge is 0.356 e. The van der Waals surface area contributed by atoms with Crippen LogP contribution in [0.5, 0.6) is 0 Å². The van der Waals surface area contributed by atoms with Crippen molar-refractivity contribution >= 4 is 17.7 Å². The lowest BCUT2D eigenvalue weighted by molar-refractivity contribution is -0.131. The van der Waals surface area contributed by atoms with E-state index in [4.69, 9.17) is 17.2 Å². The summed E-state index contributed by atoms with van der Waals surface area (Å²) in [5.74, 6) is 0.0785. The van der Waals surface area contributed by atoms with E-state index in [1.54, 1.807) is 0 Å². The van der Waals surface area contributed by atoms with Crippen LogP contribution in [0.15, 0.2) is 0 Å². The predicted molar refractivity (Wildman–Crippen MR) is 162 cm³/mol. The van der Waals surface area contributed by atoms with Crippen molar-refractivity contribution in [2.75, 3.05) is 39.3 Å². The molecule has 1 atom stereocenters. The second-order valence-corrected chi connectivity index (χ2v) is 10.8. The van der Waals surface area contributed by atoms with Crippen LogP contribution >= 0.6 is 0 Å². The van der Waals surface area contributed by atoms with Crippen LogP contribution in [0.1, 0.15) is 129 Å². The monoisotopic (exact) mass is 554 g/mol. The van der Waals surface area contributed by atoms with Crippen LogP contribution in [0.2, 0.25) is 0 Å². The highest BCUT2D eigenvalue weighted by Crippen LogP contribution is 2.11. The minimum atomic E-state index is -0.514. The van der Waals surface area contributed by atoms with Crippen LogP contribution in [-0.4, -0.2) is 67.9 Å². The van der Waals surface area contributed by atoms with Crippen LogP contribution in [0.25, 0.3) is 0 Å². The van der Waals surface area contributed by atoms with Crippen molar-refractivity contribution in [2.45, 2.75) is 135 Å². The Kier molecular flexibility index (Phi) is 26.6. The molecule has 0 heterocycles. The minimum Gasteiger partial charge on any atom is -0.356 e. The number of amides is 3. The van der Waals surface area contributed by atoms with E-state index in [1.165, 1.54) is 44.9 Å². The van der Waals surface area contributed by atoms with E-state index in [0.29, 0.717) is 65.0 Å². The molecule has 0 radical (unpaired) electrons. The molecule has 0 aliphatic heterocycles. The Labute approximate surface area is 239 Å². The van der Waals surface area contributed by atoms with E-state index < -0.39 is 6.04 Å². The molecule has 0 saturated carbocycles. The lowest BCUT2D eigenvalue weighted by atomic mass is 10.1. The number of nitrogens with one attached hydrogen (secondary N) is 2. The molecule has 0 aromatic heterocycles. The van der Waals surface area contributed by atoms with Gasteiger partial charge in [0.1, 0.15) is 0 Å². The van der Waals surface area contributed by atoms with Crippen molar-refractivity contribution in [1.82, 2.24) is 15.5 Å². The average Bonchev–Trinajstić information content (AvgIpc) is 2.93. The molecular formula is C30H62N6O3. The van der Waals surface area contributed by atoms with Crippen molar-refractivity contribution in [3.63, 3.8) is 0 Å². The Morgan fingerprint density at radius 3 is 1.77 bits per heavy atom. The van der Waals surface area contributed by atoms with Gasteiger partial charge >= 0.3 is 0 Å². The van der Waals surface area contributed by atoms with E-state index in [1.807, 2.05) is 4.90 Å². The first-order chi connectivity index (χ1) is 19.0. The molecule has 0 rings (SSSR count). The van der Waals surface area contributed by atoms with Crippen LogP contribution in [-0.2, 0) is 14.4 Å². The van der Waals surface area contributed by atoms with E-state index in [9.17, 15) is 14.4 Å². The number of rotatable bonds is 28. The normalized spacial score (nSPS) is 11.8. The summed E-state index contributed by atoms with van der Waals surface area (Å²) in [6.45, 7) is 5.75. The van der Waals surface area contributed by atoms with Crippen molar-refractivity contribution in [2.24, 2.45) is 17.2 Å². The van der Waals surface area contributed by atoms with Gasteiger partial charge in [-0.25, -0.2) is 0 Å². The molecule has 3 amide bonds. The van der Waals surface area contributed by atoms with Gasteiger partial charge in [0.15, 0.2) is 0 Å². The number of carbonyl (C=O) groups excluding carboxylic acids is 3. The predicted octanol–water partition coefficient (Wildman–Crippen LogP) is 3.72. The Morgan fingerprint density at radius 1 is 0.641 bits per heavy atom. The van der Waals surface area contributed by atoms with Crippen molar-refractivity contribution < 1.29 is 14.4 Å². The maximum atomic E-state index is 13.0. The first kappa shape index (κ1) is 37.3. The Morgan fingerprint density at radius 2 is 1.15 bits per heavy atom. The summed E-state index contributed by atoms with van der Waals surface area (Å²) >= 11 is 0. The van der Waals surface area contributed by atoms with Crippen molar-refractivity contribution in [3.8, 4) is 0 Å². The SMILES string of the molecule is CCCCCCCCCCCC(=O)N(CCCNC(=O)CCCCCN)CCCNC(=O)[C@@H](N)CCCCN. The molecule has 0 aromatic rings. The molecule has 8 N–H and O–H groups in total. The zero-order chi connectivity index (χ0) is 29.0. The molecule has 0 bridgehead atoms. The number of nitrogens with two attached hydrogens (primary N) is 3. The highest BCUT2D eigenvalue weighted by atomic mass is 16.2. The molecule has 0 aliphatic rings. The standard InChI is InChI=1S/C30H62N6O3/c1-2-3-4-5-6-7-8-9-12-20-29(38)36(25-16-23-34-28(37)19-11-10-14-21-31)26-17-24-35-30(39)27(33)18-13-15-22-32/h27H,2-26,31-33H2,1H3,(H,34,37)(H,35,39)/t27-/m0/s1. The van der Waals surface area contributed by atoms with Crippen molar-refractivity contribution in [3.05, 3.63) is 0 Å². The summed E-state index contributed by atoms with van der Waals surface area (Å²) < 4.78 is 0. The molecular weight excluding hydrogens is 492 g/mol. The fourth-order valence-corrected chi connectivity index (χ4v) is 4.55. The van der Waals surface area contributed by atoms with Gasteiger partial charge < -0.3 is 32.7 Å². The van der Waals surface area contributed by atoms with Gasteiger partial charge in [-0.1, -0.05) is 71.1 Å². The number of carbonyl (C=O) groups is 3. The molecule has 0 saturated heterocycles. The third-order valence-electron chi connectivity index (χ3n) is 7.09. The maximum absolute atomic E-state index is 13.0. The van der Waals surface area contributed by atoms with Gasteiger partial charge in [0.2, 0.25) is 17.7 Å². The van der Waals surface area contributed by atoms with Gasteiger partial charge in [-0.05, 0) is 58.0 Å². The van der Waals surface area contributed by atoms with E-state index in [0.717, 1.165) is 51.4 Å². The average molecular weight is 555 g/mol. The van der Waals surface area contributed by atoms with Gasteiger partial charge in [0.25, 0.3) is 0 Å². The highest BCUT2D eigenvalue weighted by Gasteiger charge is 2.15. The molecule has 0 unspecified atom stereocenters. The minimum absolute atomic E-state index is 0.0603. The van der Waals surface area contributed by atoms with E-state index >= 15 is 0 Å². The first-order valence-electron chi connectivity index (χ1n) is 15.9. The van der Waals surface area contributed by atoms with Crippen LogP contribution < -0.4 is 27.8 Å². The molecule has 0 aromatic carbocycles. The number of hydrogen-bond acceptors (Lipinski definition) is 6. The van der Waals surface area contributed by atoms with Gasteiger partial charge in [-0.3, -0.25) is 14.4 Å². The van der Waals surface area contributed by atoms with Crippen LogP contribution in [0.3, 0.4) is 0 Å². The summed E-state index contributed by atoms with van der Waals surface area (Å²) in [4.78, 5) is 39.1. The van der Waals surface area contributed by atoms with Gasteiger partial charge in [0.05, 0.1) is 6.04 Å². The van der Waals surface area contributed by atoms with E-state index in [-0.39, 0.29) is 17.7 Å². The topological polar surface area (TPSA) is 157 Å². The summed E-state index contributed by atoms with van der Waals surface area (Å²) in [5, 5.41) is 5.87. The summed E-state index contributed by atoms with van der Waals surface area (Å²) in [6.07, 6.45) is 18.6. The highest BCUT2D eigenvalue weighted by molar-refractivity contribution is 5.81. The molecule has 9 nitrogen and oxygen atoms in total. The molecule has 39 heavy (non-hydrogen) atoms. The Hall–Kier alpha value is -1.71. The number of nitrogens with zero attached hydrogens (tertiary/aromatic N) is 1. The lowest BCUT2D eigenvalue weighted by Gasteiger charge is -2.23. The first-order valence-corrected chi connectivity index (χ1v) is 15.9. The molecule has 0 fully saturated rings. The fourth-order valence-electron chi connectivity index (χ4n) is 4.55.